The normalized spacial score (nSPS) is 18.6. The molecule has 32 nitrogen and oxygen atoms in total. The zero-order valence-electron chi connectivity index (χ0n) is 71.1. The highest BCUT2D eigenvalue weighted by Crippen LogP contribution is 2.42. The van der Waals surface area contributed by atoms with Gasteiger partial charge < -0.3 is 56.1 Å². The molecule has 0 aromatic heterocycles. The van der Waals surface area contributed by atoms with Crippen LogP contribution in [0.3, 0.4) is 0 Å². The van der Waals surface area contributed by atoms with E-state index in [9.17, 15) is 77.0 Å². The minimum Gasteiger partial charge on any atom is -0.481 e. The van der Waals surface area contributed by atoms with Gasteiger partial charge in [-0.05, 0) is 122 Å². The first-order valence-corrected chi connectivity index (χ1v) is 47.9. The highest BCUT2D eigenvalue weighted by Gasteiger charge is 2.34. The molecule has 8 N–H and O–H groups in total. The number of nitrogens with two attached hydrogens (primary N) is 2. The summed E-state index contributed by atoms with van der Waals surface area (Å²) in [6.07, 6.45) is 15.6. The highest BCUT2D eigenvalue weighted by atomic mass is 32.2. The van der Waals surface area contributed by atoms with E-state index in [4.69, 9.17) is 26.8 Å². The molecule has 6 atom stereocenters. The highest BCUT2D eigenvalue weighted by molar-refractivity contribution is 8.04. The number of thioether (sulfide) groups is 6. The van der Waals surface area contributed by atoms with Gasteiger partial charge in [-0.2, -0.15) is 70.6 Å². The topological polar surface area (TPSA) is 437 Å². The number of rotatable bonds is 67. The molecule has 38 heteroatoms. The smallest absolute Gasteiger partial charge is 0.327 e. The number of esters is 4. The number of nitrogens with zero attached hydrogens (tertiary/aromatic N) is 9. The number of carbonyl (C=O) groups is 15. The Hall–Kier alpha value is -4.49. The predicted molar refractivity (Wildman–Crippen MR) is 470 cm³/mol. The summed E-state index contributed by atoms with van der Waals surface area (Å²) in [5, 5.41) is 41.1. The molecule has 2 aliphatic heterocycles. The Kier molecular flexibility index (Phi) is 61.4. The first-order valence-electron chi connectivity index (χ1n) is 41.6. The Morgan fingerprint density at radius 2 is 0.576 bits per heavy atom. The summed E-state index contributed by atoms with van der Waals surface area (Å²) in [5.41, 5.74) is 10.9. The van der Waals surface area contributed by atoms with Gasteiger partial charge in [-0.25, -0.2) is 0 Å². The summed E-state index contributed by atoms with van der Waals surface area (Å²) in [6.45, 7) is 19.8. The van der Waals surface area contributed by atoms with Gasteiger partial charge in [0.15, 0.2) is 0 Å². The zero-order chi connectivity index (χ0) is 87.7. The molecule has 676 valence electrons. The van der Waals surface area contributed by atoms with Crippen LogP contribution in [-0.4, -0.2) is 409 Å². The van der Waals surface area contributed by atoms with E-state index in [1.165, 1.54) is 108 Å². The van der Waals surface area contributed by atoms with Crippen molar-refractivity contribution in [1.82, 2.24) is 44.1 Å². The molecule has 6 unspecified atom stereocenters. The van der Waals surface area contributed by atoms with Crippen molar-refractivity contribution in [3.63, 3.8) is 0 Å². The van der Waals surface area contributed by atoms with Crippen LogP contribution in [0.25, 0.3) is 0 Å². The van der Waals surface area contributed by atoms with Crippen LogP contribution in [0.4, 0.5) is 0 Å². The minimum absolute atomic E-state index is 0.000510. The molecule has 5 aliphatic rings. The van der Waals surface area contributed by atoms with Gasteiger partial charge in [-0.3, -0.25) is 101 Å². The van der Waals surface area contributed by atoms with Gasteiger partial charge in [0.25, 0.3) is 0 Å². The quantitative estimate of drug-likeness (QED) is 0.0277. The molecule has 118 heavy (non-hydrogen) atoms. The molecule has 0 amide bonds. The number of aliphatic carboxylic acids is 4. The molecular formula is C80H139N11O21S6. The van der Waals surface area contributed by atoms with E-state index in [1.807, 2.05) is 61.7 Å². The van der Waals surface area contributed by atoms with Crippen molar-refractivity contribution in [2.75, 3.05) is 224 Å². The second-order valence-electron chi connectivity index (χ2n) is 30.6. The fourth-order valence-electron chi connectivity index (χ4n) is 12.9. The lowest BCUT2D eigenvalue weighted by molar-refractivity contribution is -0.168. The molecule has 3 aliphatic carbocycles. The van der Waals surface area contributed by atoms with Gasteiger partial charge in [0.05, 0.1) is 91.4 Å². The fourth-order valence-corrected chi connectivity index (χ4v) is 21.8. The van der Waals surface area contributed by atoms with Crippen LogP contribution < -0.4 is 11.5 Å². The van der Waals surface area contributed by atoms with Crippen molar-refractivity contribution < 1.29 is 102 Å². The molecule has 5 rings (SSSR count). The molecular weight excluding hydrogens is 1640 g/mol. The van der Waals surface area contributed by atoms with Crippen LogP contribution in [-0.2, 0) is 81.4 Å². The van der Waals surface area contributed by atoms with Gasteiger partial charge >= 0.3 is 47.8 Å². The molecule has 0 aromatic carbocycles. The van der Waals surface area contributed by atoms with Crippen molar-refractivity contribution in [1.29, 1.82) is 0 Å². The van der Waals surface area contributed by atoms with E-state index in [1.54, 1.807) is 26.5 Å². The van der Waals surface area contributed by atoms with E-state index in [0.29, 0.717) is 96.5 Å². The maximum absolute atomic E-state index is 12.8. The molecule has 0 radical (unpaired) electrons. The molecule has 0 bridgehead atoms. The van der Waals surface area contributed by atoms with Crippen molar-refractivity contribution in [3.8, 4) is 0 Å². The third kappa shape index (κ3) is 56.3. The van der Waals surface area contributed by atoms with Gasteiger partial charge in [-0.15, -0.1) is 0 Å². The summed E-state index contributed by atoms with van der Waals surface area (Å²) >= 11 is 12.2. The van der Waals surface area contributed by atoms with Gasteiger partial charge in [0.2, 0.25) is 0 Å². The Bertz CT molecular complexity index is 2820. The van der Waals surface area contributed by atoms with E-state index in [2.05, 4.69) is 51.7 Å². The number of morpholine rings is 2. The number of carboxylic acid groups (broad SMARTS) is 4. The average Bonchev–Trinajstić information content (AvgIpc) is 0.880. The summed E-state index contributed by atoms with van der Waals surface area (Å²) in [6, 6.07) is 0. The Morgan fingerprint density at radius 3 is 0.839 bits per heavy atom. The zero-order valence-corrected chi connectivity index (χ0v) is 76.0. The number of hydrogen-bond donors (Lipinski definition) is 6. The summed E-state index contributed by atoms with van der Waals surface area (Å²) < 4.78 is 8.91. The monoisotopic (exact) mass is 1780 g/mol. The first kappa shape index (κ1) is 110. The standard InChI is InChI=1S/C30H53N3O5S2.C27H47N3O8S2.C15H21N3O8.C8H18N2S2/c1-6-7-18-39-29-10-11-30(29)40-19-8-9-28(38)23-33(22-27(5)37)17-15-31(13-12-24(2)34)14-16-32(20-25(3)35)21-26(4)36;1-3-4-15-39-23-7-8-24(23)40-16-5-6-22(32)18-30(20-27(37)38)14-12-28(10-9-25(33)34)11-13-29(17-21(2)31)19-26(35)36;19-11(20)1-2-16(3-5-17-7-12(21)25-13(22)8-17)4-6-18-9-14(23)26-15(24)10-18;9-3-5-11-7-1-2-8(7)12-6-4-10/h29-30H,6-23H2,1-5H3;23-24H,3-20H2,1-2H3,(H,33,34)(H,35,36)(H,37,38);1-10H2,(H,19,20);7-8H,1-6,9-10H2. The lowest BCUT2D eigenvalue weighted by Crippen LogP contribution is -2.48. The first-order chi connectivity index (χ1) is 56.2. The molecule has 2 heterocycles. The molecule has 5 fully saturated rings. The predicted octanol–water partition coefficient (Wildman–Crippen LogP) is 4.49. The Labute approximate surface area is 725 Å². The average molecular weight is 1780 g/mol. The van der Waals surface area contributed by atoms with Crippen molar-refractivity contribution >= 4 is 159 Å². The lowest BCUT2D eigenvalue weighted by atomic mass is 9.99. The number of hydrogen-bond acceptors (Lipinski definition) is 34. The fraction of sp³-hybridized carbons (Fsp3) is 0.812. The number of Topliss-reactive ketones (excluding diaryl/α,β-unsaturated/α-hetero) is 7. The van der Waals surface area contributed by atoms with Gasteiger partial charge in [-0.1, -0.05) is 26.7 Å². The molecule has 0 aromatic rings. The third-order valence-corrected chi connectivity index (χ3v) is 29.0. The van der Waals surface area contributed by atoms with Crippen molar-refractivity contribution in [3.05, 3.63) is 0 Å². The van der Waals surface area contributed by atoms with Crippen LogP contribution in [0.1, 0.15) is 158 Å². The summed E-state index contributed by atoms with van der Waals surface area (Å²) in [4.78, 5) is 189. The maximum Gasteiger partial charge on any atom is 0.327 e. The number of carbonyl (C=O) groups excluding carboxylic acids is 11. The molecule has 0 spiro atoms. The van der Waals surface area contributed by atoms with E-state index in [-0.39, 0.29) is 158 Å². The largest absolute Gasteiger partial charge is 0.481 e. The van der Waals surface area contributed by atoms with Crippen LogP contribution in [0.5, 0.6) is 0 Å². The van der Waals surface area contributed by atoms with Crippen LogP contribution >= 0.6 is 70.6 Å². The lowest BCUT2D eigenvalue weighted by Gasteiger charge is -2.35. The number of unbranched alkanes of at least 4 members (excludes halogenated alkanes) is 2. The van der Waals surface area contributed by atoms with E-state index >= 15 is 0 Å². The van der Waals surface area contributed by atoms with Crippen molar-refractivity contribution in [2.24, 2.45) is 11.5 Å². The molecule has 3 saturated carbocycles. The number of ketones is 7. The summed E-state index contributed by atoms with van der Waals surface area (Å²) in [7, 11) is 0. The SMILES string of the molecule is CCCCSC1CCC1SCCCC(=O)CN(CCN(CCC(=O)O)CCN(CC(C)=O)CC(=O)O)CC(=O)O.CCCCSC1CCC1SCCCC(=O)CN(CCN(CCC(C)=O)CCN(CC(C)=O)CC(C)=O)CC(C)=O.NCCSC1CCC1SCCN.O=C(O)CCN(CCN1CC(=O)OC(=O)C1)CCN1CC(=O)OC(=O)C1. The third-order valence-electron chi connectivity index (χ3n) is 19.5. The van der Waals surface area contributed by atoms with Gasteiger partial charge in [0.1, 0.15) is 40.5 Å². The number of carboxylic acids is 4. The van der Waals surface area contributed by atoms with Crippen LogP contribution in [0.15, 0.2) is 0 Å². The van der Waals surface area contributed by atoms with Crippen molar-refractivity contribution in [2.45, 2.75) is 189 Å². The van der Waals surface area contributed by atoms with E-state index in [0.717, 1.165) is 75.2 Å². The Morgan fingerprint density at radius 1 is 0.322 bits per heavy atom. The maximum atomic E-state index is 12.8. The summed E-state index contributed by atoms with van der Waals surface area (Å²) in [5.74, 6) is 0.209. The number of cyclic esters (lactones) is 4. The second kappa shape index (κ2) is 66.1. The van der Waals surface area contributed by atoms with E-state index < -0.39 is 47.8 Å². The number of ether oxygens (including phenoxy) is 2. The Balaban J connectivity index is 0.000000568. The van der Waals surface area contributed by atoms with Crippen LogP contribution in [0.2, 0.25) is 0 Å². The van der Waals surface area contributed by atoms with Crippen LogP contribution in [0, 0.1) is 0 Å². The second-order valence-corrected chi connectivity index (χ2v) is 38.7. The van der Waals surface area contributed by atoms with Gasteiger partial charge in [0, 0.05) is 174 Å². The molecule has 2 saturated heterocycles. The minimum atomic E-state index is -1.07.